The number of rotatable bonds is 3. The van der Waals surface area contributed by atoms with Crippen LogP contribution in [0.15, 0.2) is 41.3 Å². The Morgan fingerprint density at radius 3 is 2.88 bits per heavy atom. The number of hydrogen-bond donors (Lipinski definition) is 0. The lowest BCUT2D eigenvalue weighted by Gasteiger charge is -2.40. The van der Waals surface area contributed by atoms with Gasteiger partial charge in [0.2, 0.25) is 0 Å². The highest BCUT2D eigenvalue weighted by atomic mass is 79.9. The third kappa shape index (κ3) is 2.34. The van der Waals surface area contributed by atoms with Gasteiger partial charge in [-0.05, 0) is 28.1 Å². The highest BCUT2D eigenvalue weighted by Gasteiger charge is 2.27. The minimum Gasteiger partial charge on any atom is -0.356 e. The summed E-state index contributed by atoms with van der Waals surface area (Å²) in [5.41, 5.74) is 0. The highest BCUT2D eigenvalue weighted by molar-refractivity contribution is 9.10. The van der Waals surface area contributed by atoms with E-state index in [9.17, 15) is 0 Å². The first kappa shape index (κ1) is 10.8. The molecule has 1 saturated heterocycles. The van der Waals surface area contributed by atoms with Crippen molar-refractivity contribution in [3.63, 3.8) is 0 Å². The number of halogens is 1. The second kappa shape index (κ2) is 4.49. The molecule has 4 nitrogen and oxygen atoms in total. The van der Waals surface area contributed by atoms with Gasteiger partial charge in [-0.15, -0.1) is 0 Å². The van der Waals surface area contributed by atoms with Gasteiger partial charge in [0.1, 0.15) is 5.82 Å². The number of anilines is 1. The molecule has 5 heteroatoms. The molecular formula is C12H13BrN4. The Morgan fingerprint density at radius 1 is 1.35 bits per heavy atom. The molecule has 88 valence electrons. The minimum absolute atomic E-state index is 0.670. The molecule has 2 aromatic heterocycles. The lowest BCUT2D eigenvalue weighted by molar-refractivity contribution is 0.340. The maximum absolute atomic E-state index is 4.34. The predicted molar refractivity (Wildman–Crippen MR) is 69.9 cm³/mol. The van der Waals surface area contributed by atoms with E-state index in [1.807, 2.05) is 35.4 Å². The van der Waals surface area contributed by atoms with Crippen LogP contribution in [0.5, 0.6) is 0 Å². The first-order chi connectivity index (χ1) is 8.31. The monoisotopic (exact) mass is 292 g/mol. The number of nitrogens with zero attached hydrogens (tertiary/aromatic N) is 4. The Balaban J connectivity index is 1.55. The molecule has 1 aliphatic heterocycles. The summed E-state index contributed by atoms with van der Waals surface area (Å²) in [4.78, 5) is 6.64. The molecule has 0 spiro atoms. The lowest BCUT2D eigenvalue weighted by atomic mass is 10.0. The summed E-state index contributed by atoms with van der Waals surface area (Å²) >= 11 is 3.41. The number of hydrogen-bond acceptors (Lipinski definition) is 3. The van der Waals surface area contributed by atoms with Crippen LogP contribution in [-0.2, 0) is 6.54 Å². The molecule has 0 bridgehead atoms. The summed E-state index contributed by atoms with van der Waals surface area (Å²) in [6, 6.07) is 6.03. The summed E-state index contributed by atoms with van der Waals surface area (Å²) in [6.45, 7) is 3.11. The fourth-order valence-electron chi connectivity index (χ4n) is 2.12. The van der Waals surface area contributed by atoms with Crippen molar-refractivity contribution >= 4 is 21.7 Å². The maximum Gasteiger partial charge on any atom is 0.128 e. The van der Waals surface area contributed by atoms with E-state index in [1.165, 1.54) is 0 Å². The van der Waals surface area contributed by atoms with Crippen LogP contribution in [-0.4, -0.2) is 27.9 Å². The molecule has 0 aliphatic carbocycles. The summed E-state index contributed by atoms with van der Waals surface area (Å²) < 4.78 is 3.03. The van der Waals surface area contributed by atoms with Crippen molar-refractivity contribution in [3.8, 4) is 0 Å². The van der Waals surface area contributed by atoms with Crippen LogP contribution in [0.25, 0.3) is 0 Å². The Kier molecular flexibility index (Phi) is 2.84. The number of pyridine rings is 1. The Hall–Kier alpha value is -1.36. The number of aromatic nitrogens is 3. The van der Waals surface area contributed by atoms with Crippen molar-refractivity contribution in [2.45, 2.75) is 6.54 Å². The van der Waals surface area contributed by atoms with Crippen molar-refractivity contribution in [3.05, 3.63) is 41.3 Å². The second-order valence-electron chi connectivity index (χ2n) is 4.34. The molecule has 0 amide bonds. The predicted octanol–water partition coefficient (Wildman–Crippen LogP) is 2.18. The van der Waals surface area contributed by atoms with Gasteiger partial charge < -0.3 is 4.90 Å². The van der Waals surface area contributed by atoms with Crippen LogP contribution in [0, 0.1) is 5.92 Å². The maximum atomic E-state index is 4.34. The molecule has 0 aromatic carbocycles. The van der Waals surface area contributed by atoms with E-state index in [0.717, 1.165) is 29.9 Å². The molecule has 0 saturated carbocycles. The van der Waals surface area contributed by atoms with Gasteiger partial charge in [-0.1, -0.05) is 6.07 Å². The van der Waals surface area contributed by atoms with Gasteiger partial charge in [-0.3, -0.25) is 4.68 Å². The van der Waals surface area contributed by atoms with Crippen LogP contribution in [0.3, 0.4) is 0 Å². The SMILES string of the molecule is Brc1cnn(CC2CN(c3ccccn3)C2)c1. The quantitative estimate of drug-likeness (QED) is 0.870. The van der Waals surface area contributed by atoms with Crippen molar-refractivity contribution in [2.24, 2.45) is 5.92 Å². The molecule has 3 rings (SSSR count). The van der Waals surface area contributed by atoms with Crippen LogP contribution in [0.2, 0.25) is 0 Å². The highest BCUT2D eigenvalue weighted by Crippen LogP contribution is 2.23. The fourth-order valence-corrected chi connectivity index (χ4v) is 2.44. The zero-order valence-electron chi connectivity index (χ0n) is 9.33. The van der Waals surface area contributed by atoms with Gasteiger partial charge in [0.15, 0.2) is 0 Å². The van der Waals surface area contributed by atoms with E-state index < -0.39 is 0 Å². The summed E-state index contributed by atoms with van der Waals surface area (Å²) in [6.07, 6.45) is 5.69. The zero-order chi connectivity index (χ0) is 11.7. The van der Waals surface area contributed by atoms with E-state index in [4.69, 9.17) is 0 Å². The van der Waals surface area contributed by atoms with E-state index in [0.29, 0.717) is 5.92 Å². The van der Waals surface area contributed by atoms with E-state index in [-0.39, 0.29) is 0 Å². The zero-order valence-corrected chi connectivity index (χ0v) is 10.9. The van der Waals surface area contributed by atoms with Gasteiger partial charge in [0, 0.05) is 37.9 Å². The standard InChI is InChI=1S/C12H13BrN4/c13-11-5-15-17(9-11)8-10-6-16(7-10)12-3-1-2-4-14-12/h1-5,9-10H,6-8H2. The Bertz CT molecular complexity index is 490. The minimum atomic E-state index is 0.670. The third-order valence-electron chi connectivity index (χ3n) is 2.98. The molecule has 0 atom stereocenters. The largest absolute Gasteiger partial charge is 0.356 e. The molecule has 1 aliphatic rings. The van der Waals surface area contributed by atoms with Crippen molar-refractivity contribution in [1.29, 1.82) is 0 Å². The Labute approximate surface area is 108 Å². The second-order valence-corrected chi connectivity index (χ2v) is 5.26. The molecule has 17 heavy (non-hydrogen) atoms. The van der Waals surface area contributed by atoms with E-state index in [2.05, 4.69) is 37.0 Å². The summed E-state index contributed by atoms with van der Waals surface area (Å²) in [5.74, 6) is 1.74. The van der Waals surface area contributed by atoms with Gasteiger partial charge in [-0.2, -0.15) is 5.10 Å². The fraction of sp³-hybridized carbons (Fsp3) is 0.333. The Morgan fingerprint density at radius 2 is 2.24 bits per heavy atom. The van der Waals surface area contributed by atoms with Crippen LogP contribution < -0.4 is 4.90 Å². The lowest BCUT2D eigenvalue weighted by Crippen LogP contribution is -2.48. The van der Waals surface area contributed by atoms with Crippen molar-refractivity contribution in [1.82, 2.24) is 14.8 Å². The molecule has 1 fully saturated rings. The first-order valence-electron chi connectivity index (χ1n) is 5.65. The van der Waals surface area contributed by atoms with E-state index >= 15 is 0 Å². The smallest absolute Gasteiger partial charge is 0.128 e. The summed E-state index contributed by atoms with van der Waals surface area (Å²) in [7, 11) is 0. The van der Waals surface area contributed by atoms with Crippen LogP contribution in [0.1, 0.15) is 0 Å². The topological polar surface area (TPSA) is 34.0 Å². The van der Waals surface area contributed by atoms with Gasteiger partial charge in [0.05, 0.1) is 10.7 Å². The molecule has 0 radical (unpaired) electrons. The molecule has 0 N–H and O–H groups in total. The molecule has 2 aromatic rings. The van der Waals surface area contributed by atoms with Gasteiger partial charge in [-0.25, -0.2) is 4.98 Å². The summed E-state index contributed by atoms with van der Waals surface area (Å²) in [5, 5.41) is 4.27. The van der Waals surface area contributed by atoms with E-state index in [1.54, 1.807) is 0 Å². The van der Waals surface area contributed by atoms with Crippen molar-refractivity contribution in [2.75, 3.05) is 18.0 Å². The third-order valence-corrected chi connectivity index (χ3v) is 3.39. The average Bonchev–Trinajstić information content (AvgIpc) is 2.70. The molecule has 3 heterocycles. The van der Waals surface area contributed by atoms with Crippen LogP contribution >= 0.6 is 15.9 Å². The van der Waals surface area contributed by atoms with Crippen LogP contribution in [0.4, 0.5) is 5.82 Å². The van der Waals surface area contributed by atoms with Crippen molar-refractivity contribution < 1.29 is 0 Å². The van der Waals surface area contributed by atoms with Gasteiger partial charge >= 0.3 is 0 Å². The average molecular weight is 293 g/mol. The van der Waals surface area contributed by atoms with Gasteiger partial charge in [0.25, 0.3) is 0 Å². The normalized spacial score (nSPS) is 15.9. The first-order valence-corrected chi connectivity index (χ1v) is 6.44. The molecule has 0 unspecified atom stereocenters. The molecular weight excluding hydrogens is 280 g/mol.